The Balaban J connectivity index is 1.43. The van der Waals surface area contributed by atoms with Crippen LogP contribution in [0.25, 0.3) is 17.5 Å². The summed E-state index contributed by atoms with van der Waals surface area (Å²) in [6, 6.07) is 7.52. The van der Waals surface area contributed by atoms with Crippen molar-refractivity contribution in [2.45, 2.75) is 110 Å². The molecule has 2 N–H and O–H groups in total. The molecule has 6 atom stereocenters. The molecule has 2 aromatic carbocycles. The first kappa shape index (κ1) is 44.0. The van der Waals surface area contributed by atoms with E-state index in [9.17, 15) is 9.59 Å². The number of Topliss-reactive ketones (excluding diaryl/α,β-unsaturated/α-hetero) is 2. The molecule has 0 radical (unpaired) electrons. The van der Waals surface area contributed by atoms with E-state index < -0.39 is 58.0 Å². The van der Waals surface area contributed by atoms with Crippen molar-refractivity contribution < 1.29 is 42.9 Å². The monoisotopic (exact) mass is 888 g/mol. The number of ketones is 2. The van der Waals surface area contributed by atoms with Gasteiger partial charge in [-0.05, 0) is 93.2 Å². The highest BCUT2D eigenvalue weighted by Gasteiger charge is 2.84. The van der Waals surface area contributed by atoms with E-state index in [4.69, 9.17) is 41.0 Å². The van der Waals surface area contributed by atoms with Crippen LogP contribution in [0, 0.1) is 17.8 Å². The number of methoxy groups -OCH3 is 1. The van der Waals surface area contributed by atoms with Crippen molar-refractivity contribution in [2.24, 2.45) is 23.5 Å². The lowest BCUT2D eigenvalue weighted by Gasteiger charge is -2.63. The van der Waals surface area contributed by atoms with E-state index in [0.29, 0.717) is 81.1 Å². The largest absolute Gasteiger partial charge is 0.482 e. The Morgan fingerprint density at radius 2 is 1.69 bits per heavy atom. The molecule has 4 fully saturated rings. The Kier molecular flexibility index (Phi) is 10.6. The zero-order chi connectivity index (χ0) is 45.8. The van der Waals surface area contributed by atoms with Gasteiger partial charge in [0.2, 0.25) is 0 Å². The van der Waals surface area contributed by atoms with Crippen LogP contribution < -0.4 is 19.9 Å². The molecule has 2 aromatic rings. The molecule has 4 aliphatic heterocycles. The topological polar surface area (TPSA) is 144 Å². The zero-order valence-corrected chi connectivity index (χ0v) is 38.9. The third kappa shape index (κ3) is 6.13. The van der Waals surface area contributed by atoms with Gasteiger partial charge in [0.25, 0.3) is 0 Å². The summed E-state index contributed by atoms with van der Waals surface area (Å²) < 4.78 is 33.9. The van der Waals surface area contributed by atoms with Gasteiger partial charge < -0.3 is 34.3 Å². The number of halogens is 1. The van der Waals surface area contributed by atoms with Gasteiger partial charge in [-0.15, -0.1) is 11.6 Å². The maximum atomic E-state index is 15.9. The van der Waals surface area contributed by atoms with Crippen molar-refractivity contribution in [3.63, 3.8) is 0 Å². The Bertz CT molecular complexity index is 2640. The Morgan fingerprint density at radius 3 is 2.36 bits per heavy atom. The highest BCUT2D eigenvalue weighted by molar-refractivity contribution is 6.27. The molecule has 4 bridgehead atoms. The van der Waals surface area contributed by atoms with Gasteiger partial charge >= 0.3 is 11.9 Å². The first-order chi connectivity index (χ1) is 30.4. The molecule has 1 spiro atoms. The summed E-state index contributed by atoms with van der Waals surface area (Å²) in [7, 11) is 1.32. The average molecular weight is 889 g/mol. The van der Waals surface area contributed by atoms with Crippen LogP contribution in [0.3, 0.4) is 0 Å². The zero-order valence-electron chi connectivity index (χ0n) is 38.2. The van der Waals surface area contributed by atoms with Crippen LogP contribution in [0.5, 0.6) is 17.2 Å². The van der Waals surface area contributed by atoms with Crippen LogP contribution >= 0.6 is 11.6 Å². The number of allylic oxidation sites excluding steroid dienone is 5. The lowest BCUT2D eigenvalue weighted by atomic mass is 9.44. The highest BCUT2D eigenvalue weighted by atomic mass is 35.5. The van der Waals surface area contributed by atoms with Gasteiger partial charge in [0, 0.05) is 70.7 Å². The standard InChI is InChI=1S/C52H57ClN2O9/c1-27(2)13-12-20-50(8)21-19-33-44(62-50)32(17-16-28(3)4)46-39(45(33)61-36(56)26-53)42-40-37(38-41(55(42)24-23-54)30-14-10-11-15-31(30)43(38)57)34-25-35-49(6,7)64-51(47(34)58,52(35,40)63-46)22-18-29(5)48(59)60-9/h10-11,13-16,18-19,21,34-35,37H,12,17,20,22-26,54H2,1-9H3. The molecule has 64 heavy (non-hydrogen) atoms. The summed E-state index contributed by atoms with van der Waals surface area (Å²) in [5, 5.41) is 0. The minimum Gasteiger partial charge on any atom is -0.482 e. The molecule has 11 nitrogen and oxygen atoms in total. The summed E-state index contributed by atoms with van der Waals surface area (Å²) in [6.45, 7) is 16.3. The predicted octanol–water partition coefficient (Wildman–Crippen LogP) is 8.87. The number of alkyl halides is 1. The number of carbonyl (C=O) groups excluding carboxylic acids is 4. The third-order valence-corrected chi connectivity index (χ3v) is 14.7. The van der Waals surface area contributed by atoms with Crippen LogP contribution in [0.1, 0.15) is 114 Å². The van der Waals surface area contributed by atoms with Gasteiger partial charge in [0.05, 0.1) is 35.2 Å². The van der Waals surface area contributed by atoms with Gasteiger partial charge in [0.15, 0.2) is 28.5 Å². The number of nitrogens with zero attached hydrogens (tertiary/aromatic N) is 1. The SMILES string of the molecule is COC(=O)C(C)=CCC12OC(C)(C)C3CC(C1=O)C1C4=C(c5ccccc5C4=O)N(CCN)C4=C1C32Oc1c(CC=C(C)C)c2c(c(OC(=O)CCl)c14)C=CC(C)(CCC=C(C)C)O2. The number of nitrogens with two attached hydrogens (primary N) is 1. The summed E-state index contributed by atoms with van der Waals surface area (Å²) in [5.74, 6) is -2.72. The molecular weight excluding hydrogens is 832 g/mol. The normalized spacial score (nSPS) is 28.4. The van der Waals surface area contributed by atoms with Gasteiger partial charge in [-0.25, -0.2) is 4.79 Å². The molecule has 10 rings (SSSR count). The van der Waals surface area contributed by atoms with E-state index in [0.717, 1.165) is 17.6 Å². The number of hydrogen-bond acceptors (Lipinski definition) is 11. The fourth-order valence-corrected chi connectivity index (χ4v) is 11.9. The van der Waals surface area contributed by atoms with E-state index in [1.807, 2.05) is 71.0 Å². The van der Waals surface area contributed by atoms with Gasteiger partial charge in [-0.3, -0.25) is 14.4 Å². The van der Waals surface area contributed by atoms with E-state index in [2.05, 4.69) is 30.9 Å². The van der Waals surface area contributed by atoms with Crippen molar-refractivity contribution in [1.82, 2.24) is 4.90 Å². The molecule has 4 aliphatic carbocycles. The molecule has 8 aliphatic rings. The lowest BCUT2D eigenvalue weighted by Crippen LogP contribution is -2.75. The highest BCUT2D eigenvalue weighted by Crippen LogP contribution is 2.75. The lowest BCUT2D eigenvalue weighted by molar-refractivity contribution is -0.181. The van der Waals surface area contributed by atoms with E-state index in [1.165, 1.54) is 12.7 Å². The number of hydrogen-bond donors (Lipinski definition) is 1. The first-order valence-electron chi connectivity index (χ1n) is 22.3. The summed E-state index contributed by atoms with van der Waals surface area (Å²) in [5.41, 5.74) is 9.88. The van der Waals surface area contributed by atoms with Crippen LogP contribution in [0.15, 0.2) is 76.4 Å². The van der Waals surface area contributed by atoms with Crippen LogP contribution in [0.4, 0.5) is 0 Å². The van der Waals surface area contributed by atoms with Gasteiger partial charge in [0.1, 0.15) is 23.0 Å². The smallest absolute Gasteiger partial charge is 0.333 e. The van der Waals surface area contributed by atoms with Crippen LogP contribution in [-0.2, 0) is 30.3 Å². The predicted molar refractivity (Wildman–Crippen MR) is 245 cm³/mol. The number of benzene rings is 2. The van der Waals surface area contributed by atoms with Gasteiger partial charge in [-0.1, -0.05) is 53.6 Å². The van der Waals surface area contributed by atoms with Crippen LogP contribution in [-0.4, -0.2) is 76.9 Å². The minimum absolute atomic E-state index is 0.0109. The number of fused-ring (bicyclic) bond motifs is 5. The fraction of sp³-hybridized carbons (Fsp3) is 0.462. The molecular formula is C52H57ClN2O9. The Labute approximate surface area is 380 Å². The molecule has 12 heteroatoms. The number of carbonyl (C=O) groups is 4. The van der Waals surface area contributed by atoms with Crippen molar-refractivity contribution in [3.05, 3.63) is 104 Å². The summed E-state index contributed by atoms with van der Waals surface area (Å²) in [6.07, 6.45) is 12.2. The first-order valence-corrected chi connectivity index (χ1v) is 22.9. The second-order valence-corrected chi connectivity index (χ2v) is 19.7. The quantitative estimate of drug-likeness (QED) is 0.0718. The Morgan fingerprint density at radius 1 is 0.969 bits per heavy atom. The molecule has 3 saturated carbocycles. The minimum atomic E-state index is -1.66. The van der Waals surface area contributed by atoms with E-state index in [-0.39, 0.29) is 36.8 Å². The number of ether oxygens (including phenoxy) is 5. The number of rotatable bonds is 12. The molecule has 336 valence electrons. The van der Waals surface area contributed by atoms with Crippen molar-refractivity contribution in [2.75, 3.05) is 26.1 Å². The summed E-state index contributed by atoms with van der Waals surface area (Å²) >= 11 is 6.26. The average Bonchev–Trinajstić information content (AvgIpc) is 3.62. The maximum absolute atomic E-state index is 15.9. The molecule has 1 saturated heterocycles. The third-order valence-electron chi connectivity index (χ3n) is 14.5. The fourth-order valence-electron chi connectivity index (χ4n) is 11.9. The maximum Gasteiger partial charge on any atom is 0.333 e. The second-order valence-electron chi connectivity index (χ2n) is 19.4. The summed E-state index contributed by atoms with van der Waals surface area (Å²) in [4.78, 5) is 59.6. The van der Waals surface area contributed by atoms with E-state index >= 15 is 9.59 Å². The van der Waals surface area contributed by atoms with Crippen molar-refractivity contribution in [1.29, 1.82) is 0 Å². The molecule has 0 aromatic heterocycles. The Hall–Kier alpha value is -5.23. The number of esters is 2. The molecule has 0 amide bonds. The molecule has 4 heterocycles. The van der Waals surface area contributed by atoms with Crippen molar-refractivity contribution in [3.8, 4) is 17.2 Å². The van der Waals surface area contributed by atoms with Gasteiger partial charge in [-0.2, -0.15) is 0 Å². The van der Waals surface area contributed by atoms with Crippen molar-refractivity contribution >= 4 is 52.6 Å². The second kappa shape index (κ2) is 15.5. The van der Waals surface area contributed by atoms with E-state index in [1.54, 1.807) is 13.0 Å². The van der Waals surface area contributed by atoms with Crippen LogP contribution in [0.2, 0.25) is 0 Å². The molecule has 6 unspecified atom stereocenters.